The molecule has 4 rings (SSSR count). The average molecular weight is 393 g/mol. The maximum Gasteiger partial charge on any atom is 0.191 e. The Hall–Kier alpha value is -3.16. The van der Waals surface area contributed by atoms with Crippen molar-refractivity contribution in [2.24, 2.45) is 4.99 Å². The van der Waals surface area contributed by atoms with Gasteiger partial charge in [0.1, 0.15) is 11.6 Å². The molecule has 29 heavy (non-hydrogen) atoms. The summed E-state index contributed by atoms with van der Waals surface area (Å²) in [7, 11) is 1.81. The minimum absolute atomic E-state index is 0.414. The first-order chi connectivity index (χ1) is 14.2. The molecule has 1 aliphatic rings. The fourth-order valence-electron chi connectivity index (χ4n) is 3.64. The van der Waals surface area contributed by atoms with Crippen LogP contribution in [0.5, 0.6) is 0 Å². The van der Waals surface area contributed by atoms with Crippen LogP contribution in [0.3, 0.4) is 0 Å². The Balaban J connectivity index is 1.24. The zero-order valence-corrected chi connectivity index (χ0v) is 17.0. The summed E-state index contributed by atoms with van der Waals surface area (Å²) in [4.78, 5) is 11.3. The van der Waals surface area contributed by atoms with Crippen molar-refractivity contribution in [3.8, 4) is 0 Å². The fourth-order valence-corrected chi connectivity index (χ4v) is 3.64. The first-order valence-electron chi connectivity index (χ1n) is 10.2. The van der Waals surface area contributed by atoms with Crippen molar-refractivity contribution < 1.29 is 0 Å². The normalized spacial score (nSPS) is 15.7. The Bertz CT molecular complexity index is 954. The highest BCUT2D eigenvalue weighted by Crippen LogP contribution is 2.18. The van der Waals surface area contributed by atoms with Crippen molar-refractivity contribution in [1.29, 1.82) is 0 Å². The number of fused-ring (bicyclic) bond motifs is 1. The number of aliphatic imine (C=N–C) groups is 1. The molecule has 1 saturated heterocycles. The molecule has 0 aromatic carbocycles. The molecular formula is C21H28N8. The minimum Gasteiger partial charge on any atom is -0.356 e. The van der Waals surface area contributed by atoms with Gasteiger partial charge >= 0.3 is 0 Å². The molecule has 0 unspecified atom stereocenters. The van der Waals surface area contributed by atoms with Crippen LogP contribution in [-0.4, -0.2) is 58.3 Å². The average Bonchev–Trinajstić information content (AvgIpc) is 3.17. The van der Waals surface area contributed by atoms with E-state index in [4.69, 9.17) is 0 Å². The van der Waals surface area contributed by atoms with Gasteiger partial charge in [0.05, 0.1) is 0 Å². The monoisotopic (exact) mass is 392 g/mol. The molecule has 0 aliphatic carbocycles. The van der Waals surface area contributed by atoms with E-state index in [0.717, 1.165) is 62.1 Å². The van der Waals surface area contributed by atoms with Crippen molar-refractivity contribution >= 4 is 17.4 Å². The van der Waals surface area contributed by atoms with E-state index in [-0.39, 0.29) is 0 Å². The van der Waals surface area contributed by atoms with E-state index >= 15 is 0 Å². The van der Waals surface area contributed by atoms with E-state index in [1.165, 1.54) is 5.56 Å². The molecule has 1 aliphatic heterocycles. The van der Waals surface area contributed by atoms with Crippen LogP contribution in [0.4, 0.5) is 5.82 Å². The van der Waals surface area contributed by atoms with E-state index in [0.29, 0.717) is 6.04 Å². The number of guanidine groups is 1. The van der Waals surface area contributed by atoms with Crippen molar-refractivity contribution in [2.45, 2.75) is 32.2 Å². The summed E-state index contributed by atoms with van der Waals surface area (Å²) in [6.07, 6.45) is 6.83. The Morgan fingerprint density at radius 2 is 2.03 bits per heavy atom. The predicted octanol–water partition coefficient (Wildman–Crippen LogP) is 1.81. The first kappa shape index (κ1) is 19.2. The maximum atomic E-state index is 4.55. The van der Waals surface area contributed by atoms with E-state index in [9.17, 15) is 0 Å². The lowest BCUT2D eigenvalue weighted by molar-refractivity contribution is 0.459. The Kier molecular flexibility index (Phi) is 5.88. The van der Waals surface area contributed by atoms with Crippen LogP contribution in [0.15, 0.2) is 47.7 Å². The summed E-state index contributed by atoms with van der Waals surface area (Å²) in [6, 6.07) is 10.6. The number of aromatic nitrogens is 4. The van der Waals surface area contributed by atoms with Gasteiger partial charge in [-0.3, -0.25) is 9.39 Å². The number of aryl methyl sites for hydroxylation is 1. The lowest BCUT2D eigenvalue weighted by Crippen LogP contribution is -2.49. The van der Waals surface area contributed by atoms with Crippen LogP contribution in [0.2, 0.25) is 0 Å². The molecule has 3 aromatic heterocycles. The molecule has 2 N–H and O–H groups in total. The number of anilines is 1. The number of pyridine rings is 2. The van der Waals surface area contributed by atoms with Gasteiger partial charge in [0.15, 0.2) is 11.6 Å². The summed E-state index contributed by atoms with van der Waals surface area (Å²) in [5, 5.41) is 15.4. The molecule has 3 aromatic rings. The molecule has 0 atom stereocenters. The highest BCUT2D eigenvalue weighted by Gasteiger charge is 2.20. The van der Waals surface area contributed by atoms with Gasteiger partial charge in [0.25, 0.3) is 0 Å². The Morgan fingerprint density at radius 1 is 1.17 bits per heavy atom. The number of rotatable bonds is 5. The Morgan fingerprint density at radius 3 is 2.79 bits per heavy atom. The quantitative estimate of drug-likeness (QED) is 0.509. The van der Waals surface area contributed by atoms with Gasteiger partial charge < -0.3 is 15.5 Å². The standard InChI is InChI=1S/C21H28N8/c1-16-6-7-18(24-15-16)28-13-9-17(10-14-28)25-21(22-2)23-11-8-20-27-26-19-5-3-4-12-29(19)20/h3-7,12,15,17H,8-11,13-14H2,1-2H3,(H2,22,23,25). The second-order valence-corrected chi connectivity index (χ2v) is 7.39. The summed E-state index contributed by atoms with van der Waals surface area (Å²) >= 11 is 0. The van der Waals surface area contributed by atoms with Gasteiger partial charge in [-0.1, -0.05) is 12.1 Å². The van der Waals surface area contributed by atoms with Crippen molar-refractivity contribution in [2.75, 3.05) is 31.6 Å². The highest BCUT2D eigenvalue weighted by atomic mass is 15.3. The van der Waals surface area contributed by atoms with Crippen molar-refractivity contribution in [1.82, 2.24) is 30.2 Å². The molecule has 8 nitrogen and oxygen atoms in total. The van der Waals surface area contributed by atoms with Gasteiger partial charge in [0, 0.05) is 51.5 Å². The molecule has 4 heterocycles. The molecule has 0 spiro atoms. The van der Waals surface area contributed by atoms with E-state index in [1.807, 2.05) is 42.0 Å². The SMILES string of the molecule is CN=C(NCCc1nnc2ccccn12)NC1CCN(c2ccc(C)cn2)CC1. The molecule has 0 radical (unpaired) electrons. The molecular weight excluding hydrogens is 364 g/mol. The minimum atomic E-state index is 0.414. The molecule has 0 amide bonds. The number of hydrogen-bond acceptors (Lipinski definition) is 5. The molecule has 0 bridgehead atoms. The Labute approximate surface area is 171 Å². The van der Waals surface area contributed by atoms with Crippen LogP contribution in [-0.2, 0) is 6.42 Å². The first-order valence-corrected chi connectivity index (χ1v) is 10.2. The van der Waals surface area contributed by atoms with Gasteiger partial charge in [-0.15, -0.1) is 10.2 Å². The van der Waals surface area contributed by atoms with E-state index < -0.39 is 0 Å². The van der Waals surface area contributed by atoms with Gasteiger partial charge in [-0.2, -0.15) is 0 Å². The third-order valence-electron chi connectivity index (χ3n) is 5.30. The largest absolute Gasteiger partial charge is 0.356 e. The summed E-state index contributed by atoms with van der Waals surface area (Å²) in [5.41, 5.74) is 2.07. The van der Waals surface area contributed by atoms with Crippen LogP contribution in [0.1, 0.15) is 24.2 Å². The van der Waals surface area contributed by atoms with Gasteiger partial charge in [0.2, 0.25) is 0 Å². The summed E-state index contributed by atoms with van der Waals surface area (Å²) in [6.45, 7) is 4.81. The van der Waals surface area contributed by atoms with Crippen LogP contribution < -0.4 is 15.5 Å². The zero-order valence-electron chi connectivity index (χ0n) is 17.0. The van der Waals surface area contributed by atoms with Crippen molar-refractivity contribution in [3.05, 3.63) is 54.1 Å². The topological polar surface area (TPSA) is 82.7 Å². The predicted molar refractivity (Wildman–Crippen MR) is 115 cm³/mol. The number of nitrogens with zero attached hydrogens (tertiary/aromatic N) is 6. The number of piperidine rings is 1. The molecule has 1 fully saturated rings. The van der Waals surface area contributed by atoms with E-state index in [2.05, 4.69) is 54.8 Å². The summed E-state index contributed by atoms with van der Waals surface area (Å²) in [5.74, 6) is 2.85. The van der Waals surface area contributed by atoms with Crippen LogP contribution in [0.25, 0.3) is 5.65 Å². The van der Waals surface area contributed by atoms with Crippen LogP contribution in [0, 0.1) is 6.92 Å². The third kappa shape index (κ3) is 4.64. The zero-order chi connectivity index (χ0) is 20.1. The highest BCUT2D eigenvalue weighted by molar-refractivity contribution is 5.80. The van der Waals surface area contributed by atoms with Crippen molar-refractivity contribution in [3.63, 3.8) is 0 Å². The smallest absolute Gasteiger partial charge is 0.191 e. The molecule has 152 valence electrons. The van der Waals surface area contributed by atoms with Gasteiger partial charge in [-0.05, 0) is 43.5 Å². The second kappa shape index (κ2) is 8.89. The molecule has 8 heteroatoms. The fraction of sp³-hybridized carbons (Fsp3) is 0.429. The lowest BCUT2D eigenvalue weighted by atomic mass is 10.1. The molecule has 0 saturated carbocycles. The lowest BCUT2D eigenvalue weighted by Gasteiger charge is -2.33. The second-order valence-electron chi connectivity index (χ2n) is 7.39. The van der Waals surface area contributed by atoms with E-state index in [1.54, 1.807) is 0 Å². The third-order valence-corrected chi connectivity index (χ3v) is 5.30. The van der Waals surface area contributed by atoms with Crippen LogP contribution >= 0.6 is 0 Å². The number of nitrogens with one attached hydrogen (secondary N) is 2. The maximum absolute atomic E-state index is 4.55. The summed E-state index contributed by atoms with van der Waals surface area (Å²) < 4.78 is 2.02. The van der Waals surface area contributed by atoms with Gasteiger partial charge in [-0.25, -0.2) is 4.98 Å². The number of hydrogen-bond donors (Lipinski definition) is 2.